The van der Waals surface area contributed by atoms with E-state index in [2.05, 4.69) is 5.32 Å². The number of hydrogen-bond donors (Lipinski definition) is 1. The summed E-state index contributed by atoms with van der Waals surface area (Å²) in [5, 5.41) is 2.96. The Kier molecular flexibility index (Phi) is 3.97. The van der Waals surface area contributed by atoms with Crippen LogP contribution in [0.4, 0.5) is 4.79 Å². The van der Waals surface area contributed by atoms with E-state index in [1.807, 2.05) is 30.3 Å². The van der Waals surface area contributed by atoms with Gasteiger partial charge in [-0.1, -0.05) is 23.7 Å². The van der Waals surface area contributed by atoms with Crippen LogP contribution < -0.4 is 5.32 Å². The molecule has 6 nitrogen and oxygen atoms in total. The average Bonchev–Trinajstić information content (AvgIpc) is 3.20. The van der Waals surface area contributed by atoms with Crippen LogP contribution in [0.15, 0.2) is 36.4 Å². The van der Waals surface area contributed by atoms with Crippen molar-refractivity contribution >= 4 is 40.8 Å². The lowest BCUT2D eigenvalue weighted by molar-refractivity contribution is -0.122. The van der Waals surface area contributed by atoms with Gasteiger partial charge in [-0.15, -0.1) is 11.3 Å². The Morgan fingerprint density at radius 2 is 1.88 bits per heavy atom. The molecule has 0 saturated carbocycles. The molecule has 1 aromatic carbocycles. The van der Waals surface area contributed by atoms with Crippen LogP contribution in [-0.2, 0) is 4.79 Å². The van der Waals surface area contributed by atoms with Crippen LogP contribution in [-0.4, -0.2) is 53.3 Å². The molecule has 128 valence electrons. The molecule has 0 radical (unpaired) electrons. The molecule has 25 heavy (non-hydrogen) atoms. The molecule has 4 rings (SSSR count). The number of amides is 4. The third-order valence-corrected chi connectivity index (χ3v) is 5.78. The monoisotopic (exact) mass is 375 g/mol. The summed E-state index contributed by atoms with van der Waals surface area (Å²) in [6.45, 7) is 1.01. The molecular weight excluding hydrogens is 362 g/mol. The lowest BCUT2D eigenvalue weighted by Gasteiger charge is -2.35. The van der Waals surface area contributed by atoms with Gasteiger partial charge >= 0.3 is 6.03 Å². The Morgan fingerprint density at radius 1 is 1.12 bits per heavy atom. The van der Waals surface area contributed by atoms with Crippen LogP contribution in [0.3, 0.4) is 0 Å². The molecule has 2 aromatic rings. The topological polar surface area (TPSA) is 69.7 Å². The van der Waals surface area contributed by atoms with Gasteiger partial charge in [0.15, 0.2) is 0 Å². The number of benzene rings is 1. The maximum absolute atomic E-state index is 12.8. The largest absolute Gasteiger partial charge is 0.334 e. The summed E-state index contributed by atoms with van der Waals surface area (Å²) in [6.07, 6.45) is 0. The average molecular weight is 376 g/mol. The first-order chi connectivity index (χ1) is 12.0. The van der Waals surface area contributed by atoms with E-state index in [0.717, 1.165) is 10.4 Å². The molecule has 8 heteroatoms. The van der Waals surface area contributed by atoms with E-state index in [9.17, 15) is 14.4 Å². The van der Waals surface area contributed by atoms with Crippen LogP contribution in [0.5, 0.6) is 0 Å². The van der Waals surface area contributed by atoms with Crippen molar-refractivity contribution in [2.24, 2.45) is 0 Å². The van der Waals surface area contributed by atoms with Crippen molar-refractivity contribution in [2.75, 3.05) is 19.6 Å². The molecule has 4 amide bonds. The van der Waals surface area contributed by atoms with Crippen molar-refractivity contribution in [3.8, 4) is 10.4 Å². The molecule has 2 aliphatic heterocycles. The maximum Gasteiger partial charge on any atom is 0.324 e. The molecular formula is C17H14ClN3O3S. The van der Waals surface area contributed by atoms with Crippen LogP contribution in [0.2, 0.25) is 5.02 Å². The van der Waals surface area contributed by atoms with Crippen molar-refractivity contribution in [2.45, 2.75) is 6.04 Å². The Hall–Kier alpha value is -2.38. The van der Waals surface area contributed by atoms with Gasteiger partial charge in [-0.2, -0.15) is 0 Å². The van der Waals surface area contributed by atoms with E-state index in [4.69, 9.17) is 11.6 Å². The molecule has 0 unspecified atom stereocenters. The highest BCUT2D eigenvalue weighted by Crippen LogP contribution is 2.30. The van der Waals surface area contributed by atoms with E-state index in [0.29, 0.717) is 23.0 Å². The number of nitrogens with zero attached hydrogens (tertiary/aromatic N) is 2. The minimum Gasteiger partial charge on any atom is -0.334 e. The molecule has 0 bridgehead atoms. The first-order valence-electron chi connectivity index (χ1n) is 7.79. The Labute approximate surface area is 153 Å². The molecule has 2 aliphatic rings. The number of carbonyl (C=O) groups excluding carboxylic acids is 3. The van der Waals surface area contributed by atoms with E-state index >= 15 is 0 Å². The van der Waals surface area contributed by atoms with Crippen LogP contribution in [0.1, 0.15) is 9.67 Å². The molecule has 0 spiro atoms. The number of piperazine rings is 1. The van der Waals surface area contributed by atoms with Gasteiger partial charge in [-0.25, -0.2) is 4.79 Å². The predicted octanol–water partition coefficient (Wildman–Crippen LogP) is 2.44. The fourth-order valence-electron chi connectivity index (χ4n) is 3.07. The highest BCUT2D eigenvalue weighted by atomic mass is 35.5. The van der Waals surface area contributed by atoms with Gasteiger partial charge in [-0.3, -0.25) is 14.9 Å². The first-order valence-corrected chi connectivity index (χ1v) is 8.99. The first kappa shape index (κ1) is 16.1. The number of fused-ring (bicyclic) bond motifs is 1. The standard InChI is InChI=1S/C17H14ClN3O3S/c18-11-3-1-10(2-4-11)13-5-6-14(25-13)16(23)20-7-8-21-12(9-20)15(22)19-17(21)24/h1-6,12H,7-9H2,(H,19,22,24)/t12-/m1/s1. The number of nitrogens with one attached hydrogen (secondary N) is 1. The van der Waals surface area contributed by atoms with Crippen molar-refractivity contribution in [1.82, 2.24) is 15.1 Å². The highest BCUT2D eigenvalue weighted by molar-refractivity contribution is 7.17. The lowest BCUT2D eigenvalue weighted by Crippen LogP contribution is -2.54. The summed E-state index contributed by atoms with van der Waals surface area (Å²) in [5.74, 6) is -0.451. The molecule has 0 aliphatic carbocycles. The number of imide groups is 1. The van der Waals surface area contributed by atoms with Gasteiger partial charge in [0, 0.05) is 23.0 Å². The summed E-state index contributed by atoms with van der Waals surface area (Å²) in [7, 11) is 0. The van der Waals surface area contributed by atoms with Gasteiger partial charge in [-0.05, 0) is 29.8 Å². The van der Waals surface area contributed by atoms with E-state index in [1.54, 1.807) is 11.0 Å². The van der Waals surface area contributed by atoms with Crippen molar-refractivity contribution in [3.05, 3.63) is 46.3 Å². The van der Waals surface area contributed by atoms with Gasteiger partial charge in [0.05, 0.1) is 11.4 Å². The third-order valence-electron chi connectivity index (χ3n) is 4.41. The van der Waals surface area contributed by atoms with Crippen LogP contribution >= 0.6 is 22.9 Å². The second kappa shape index (κ2) is 6.16. The Balaban J connectivity index is 1.51. The normalized spacial score (nSPS) is 19.8. The van der Waals surface area contributed by atoms with Gasteiger partial charge < -0.3 is 9.80 Å². The molecule has 1 atom stereocenters. The van der Waals surface area contributed by atoms with Gasteiger partial charge in [0.1, 0.15) is 6.04 Å². The maximum atomic E-state index is 12.8. The predicted molar refractivity (Wildman–Crippen MR) is 94.7 cm³/mol. The Morgan fingerprint density at radius 3 is 2.64 bits per heavy atom. The molecule has 3 heterocycles. The lowest BCUT2D eigenvalue weighted by atomic mass is 10.2. The van der Waals surface area contributed by atoms with Gasteiger partial charge in [0.2, 0.25) is 0 Å². The molecule has 1 N–H and O–H groups in total. The van der Waals surface area contributed by atoms with E-state index < -0.39 is 6.04 Å². The zero-order valence-electron chi connectivity index (χ0n) is 13.1. The smallest absolute Gasteiger partial charge is 0.324 e. The number of carbonyl (C=O) groups is 3. The quantitative estimate of drug-likeness (QED) is 0.820. The minimum atomic E-state index is -0.583. The second-order valence-corrected chi connectivity index (χ2v) is 7.45. The number of thiophene rings is 1. The fourth-order valence-corrected chi connectivity index (χ4v) is 4.18. The highest BCUT2D eigenvalue weighted by Gasteiger charge is 2.43. The summed E-state index contributed by atoms with van der Waals surface area (Å²) in [4.78, 5) is 40.9. The second-order valence-electron chi connectivity index (χ2n) is 5.93. The zero-order valence-corrected chi connectivity index (χ0v) is 14.6. The fraction of sp³-hybridized carbons (Fsp3) is 0.235. The number of urea groups is 1. The molecule has 2 saturated heterocycles. The van der Waals surface area contributed by atoms with Crippen LogP contribution in [0, 0.1) is 0 Å². The van der Waals surface area contributed by atoms with E-state index in [1.165, 1.54) is 16.2 Å². The number of halogens is 1. The summed E-state index contributed by atoms with van der Waals surface area (Å²) < 4.78 is 0. The molecule has 1 aromatic heterocycles. The van der Waals surface area contributed by atoms with Crippen LogP contribution in [0.25, 0.3) is 10.4 Å². The zero-order chi connectivity index (χ0) is 17.6. The summed E-state index contributed by atoms with van der Waals surface area (Å²) in [5.41, 5.74) is 0.999. The molecule has 2 fully saturated rings. The van der Waals surface area contributed by atoms with Crippen molar-refractivity contribution < 1.29 is 14.4 Å². The Bertz CT molecular complexity index is 864. The summed E-state index contributed by atoms with van der Waals surface area (Å²) in [6, 6.07) is 10.2. The van der Waals surface area contributed by atoms with E-state index in [-0.39, 0.29) is 24.4 Å². The van der Waals surface area contributed by atoms with Crippen molar-refractivity contribution in [3.63, 3.8) is 0 Å². The van der Waals surface area contributed by atoms with Crippen molar-refractivity contribution in [1.29, 1.82) is 0 Å². The number of hydrogen-bond acceptors (Lipinski definition) is 4. The summed E-state index contributed by atoms with van der Waals surface area (Å²) >= 11 is 7.31. The SMILES string of the molecule is O=C1NC(=O)N2CCN(C(=O)c3ccc(-c4ccc(Cl)cc4)s3)C[C@H]12. The minimum absolute atomic E-state index is 0.114. The third kappa shape index (κ3) is 2.89. The van der Waals surface area contributed by atoms with Gasteiger partial charge in [0.25, 0.3) is 11.8 Å². The number of rotatable bonds is 2.